The number of imidazole rings is 1. The maximum atomic E-state index is 10.6. The molecule has 0 aliphatic carbocycles. The molecule has 3 heterocycles. The molecule has 3 aromatic heterocycles. The van der Waals surface area contributed by atoms with Gasteiger partial charge in [0.2, 0.25) is 0 Å². The van der Waals surface area contributed by atoms with Crippen molar-refractivity contribution in [3.05, 3.63) is 60.2 Å². The maximum Gasteiger partial charge on any atom is 0.303 e. The number of nitrogens with one attached hydrogen (secondary N) is 1. The van der Waals surface area contributed by atoms with E-state index in [1.165, 1.54) is 0 Å². The Morgan fingerprint density at radius 1 is 1.19 bits per heavy atom. The van der Waals surface area contributed by atoms with Gasteiger partial charge in [-0.1, -0.05) is 18.1 Å². The van der Waals surface area contributed by atoms with Gasteiger partial charge in [-0.05, 0) is 43.0 Å². The lowest BCUT2D eigenvalue weighted by atomic mass is 10.2. The molecule has 1 aromatic carbocycles. The van der Waals surface area contributed by atoms with Crippen LogP contribution in [0.1, 0.15) is 30.7 Å². The van der Waals surface area contributed by atoms with Crippen LogP contribution in [0.4, 0.5) is 0 Å². The summed E-state index contributed by atoms with van der Waals surface area (Å²) in [5.41, 5.74) is 3.58. The molecule has 0 saturated heterocycles. The molecule has 0 saturated carbocycles. The number of H-pyrrole nitrogens is 1. The Morgan fingerprint density at radius 2 is 2.07 bits per heavy atom. The zero-order valence-corrected chi connectivity index (χ0v) is 14.6. The summed E-state index contributed by atoms with van der Waals surface area (Å²) in [6.45, 7) is 0.758. The number of para-hydroxylation sites is 2. The number of hydrogen-bond acceptors (Lipinski definition) is 3. The Hall–Kier alpha value is -3.59. The van der Waals surface area contributed by atoms with E-state index in [0.29, 0.717) is 12.2 Å². The first-order valence-corrected chi connectivity index (χ1v) is 8.82. The number of carbonyl (C=O) groups is 1. The van der Waals surface area contributed by atoms with Crippen LogP contribution in [0.15, 0.2) is 48.8 Å². The lowest BCUT2D eigenvalue weighted by molar-refractivity contribution is -0.137. The summed E-state index contributed by atoms with van der Waals surface area (Å²) in [6, 6.07) is 11.8. The second-order valence-electron chi connectivity index (χ2n) is 6.35. The molecule has 134 valence electrons. The van der Waals surface area contributed by atoms with Gasteiger partial charge in [-0.2, -0.15) is 0 Å². The molecule has 0 spiro atoms. The molecule has 0 fully saturated rings. The van der Waals surface area contributed by atoms with Crippen LogP contribution in [0, 0.1) is 11.8 Å². The van der Waals surface area contributed by atoms with Crippen molar-refractivity contribution in [1.82, 2.24) is 19.5 Å². The van der Waals surface area contributed by atoms with Gasteiger partial charge in [0, 0.05) is 36.3 Å². The minimum absolute atomic E-state index is 0.203. The van der Waals surface area contributed by atoms with E-state index in [4.69, 9.17) is 5.11 Å². The fraction of sp³-hybridized carbons (Fsp3) is 0.190. The van der Waals surface area contributed by atoms with Crippen molar-refractivity contribution in [3.8, 4) is 11.8 Å². The molecule has 2 N–H and O–H groups in total. The van der Waals surface area contributed by atoms with Crippen LogP contribution in [0.2, 0.25) is 0 Å². The lowest BCUT2D eigenvalue weighted by Crippen LogP contribution is -2.00. The standard InChI is InChI=1S/C21H18N4O2/c26-20(27)7-3-4-11-25-12-10-16-13-15(14-22-21(16)25)8-9-19-23-17-5-1-2-6-18(17)24-19/h1-2,5-6,10,12-14H,3-4,7,11H2,(H,23,24)(H,26,27). The van der Waals surface area contributed by atoms with E-state index < -0.39 is 5.97 Å². The van der Waals surface area contributed by atoms with E-state index in [1.807, 2.05) is 47.2 Å². The van der Waals surface area contributed by atoms with Gasteiger partial charge < -0.3 is 14.7 Å². The van der Waals surface area contributed by atoms with Crippen LogP contribution in [0.5, 0.6) is 0 Å². The number of aliphatic carboxylic acids is 1. The highest BCUT2D eigenvalue weighted by molar-refractivity contribution is 5.78. The Balaban J connectivity index is 1.50. The zero-order valence-electron chi connectivity index (χ0n) is 14.6. The van der Waals surface area contributed by atoms with Gasteiger partial charge >= 0.3 is 5.97 Å². The topological polar surface area (TPSA) is 83.8 Å². The third-order valence-electron chi connectivity index (χ3n) is 4.36. The number of aryl methyl sites for hydroxylation is 1. The highest BCUT2D eigenvalue weighted by Crippen LogP contribution is 2.16. The second kappa shape index (κ2) is 7.34. The Bertz CT molecular complexity index is 1140. The van der Waals surface area contributed by atoms with E-state index in [1.54, 1.807) is 6.20 Å². The Kier molecular flexibility index (Phi) is 4.58. The number of benzene rings is 1. The molecule has 4 aromatic rings. The van der Waals surface area contributed by atoms with Crippen LogP contribution in [-0.2, 0) is 11.3 Å². The number of pyridine rings is 1. The highest BCUT2D eigenvalue weighted by Gasteiger charge is 2.04. The predicted molar refractivity (Wildman–Crippen MR) is 103 cm³/mol. The van der Waals surface area contributed by atoms with Crippen LogP contribution < -0.4 is 0 Å². The molecule has 27 heavy (non-hydrogen) atoms. The SMILES string of the molecule is O=C(O)CCCCn1ccc2cc(C#Cc3nc4ccccc4[nH]3)cnc21. The molecule has 0 bridgehead atoms. The molecule has 6 heteroatoms. The minimum Gasteiger partial charge on any atom is -0.481 e. The number of unbranched alkanes of at least 4 members (excludes halogenated alkanes) is 1. The number of carboxylic acid groups (broad SMARTS) is 1. The zero-order chi connectivity index (χ0) is 18.6. The summed E-state index contributed by atoms with van der Waals surface area (Å²) in [7, 11) is 0. The van der Waals surface area contributed by atoms with Gasteiger partial charge in [0.15, 0.2) is 5.82 Å². The molecule has 6 nitrogen and oxygen atoms in total. The normalized spacial score (nSPS) is 10.8. The summed E-state index contributed by atoms with van der Waals surface area (Å²) >= 11 is 0. The van der Waals surface area contributed by atoms with Gasteiger partial charge in [-0.15, -0.1) is 0 Å². The minimum atomic E-state index is -0.752. The number of aromatic amines is 1. The summed E-state index contributed by atoms with van der Waals surface area (Å²) in [4.78, 5) is 22.8. The number of aromatic nitrogens is 4. The van der Waals surface area contributed by atoms with Crippen molar-refractivity contribution in [2.75, 3.05) is 0 Å². The molecule has 0 aliphatic heterocycles. The Morgan fingerprint density at radius 3 is 2.93 bits per heavy atom. The first-order valence-electron chi connectivity index (χ1n) is 8.82. The fourth-order valence-corrected chi connectivity index (χ4v) is 3.03. The monoisotopic (exact) mass is 358 g/mol. The van der Waals surface area contributed by atoms with Crippen LogP contribution in [-0.4, -0.2) is 30.6 Å². The third-order valence-corrected chi connectivity index (χ3v) is 4.36. The average Bonchev–Trinajstić information content (AvgIpc) is 3.26. The van der Waals surface area contributed by atoms with Crippen LogP contribution in [0.3, 0.4) is 0 Å². The number of hydrogen-bond donors (Lipinski definition) is 2. The summed E-state index contributed by atoms with van der Waals surface area (Å²) < 4.78 is 2.05. The van der Waals surface area contributed by atoms with Gasteiger partial charge in [0.05, 0.1) is 11.0 Å². The summed E-state index contributed by atoms with van der Waals surface area (Å²) in [5, 5.41) is 9.73. The molecular weight excluding hydrogens is 340 g/mol. The number of nitrogens with zero attached hydrogens (tertiary/aromatic N) is 3. The quantitative estimate of drug-likeness (QED) is 0.422. The highest BCUT2D eigenvalue weighted by atomic mass is 16.4. The molecule has 0 radical (unpaired) electrons. The fourth-order valence-electron chi connectivity index (χ4n) is 3.03. The van der Waals surface area contributed by atoms with Gasteiger partial charge in [-0.25, -0.2) is 9.97 Å². The molecule has 4 rings (SSSR count). The maximum absolute atomic E-state index is 10.6. The number of fused-ring (bicyclic) bond motifs is 2. The third kappa shape index (κ3) is 3.82. The molecular formula is C21H18N4O2. The van der Waals surface area contributed by atoms with Crippen LogP contribution in [0.25, 0.3) is 22.1 Å². The number of rotatable bonds is 5. The van der Waals surface area contributed by atoms with Crippen molar-refractivity contribution in [1.29, 1.82) is 0 Å². The van der Waals surface area contributed by atoms with Crippen LogP contribution >= 0.6 is 0 Å². The first kappa shape index (κ1) is 16.9. The van der Waals surface area contributed by atoms with Crippen molar-refractivity contribution in [2.24, 2.45) is 0 Å². The predicted octanol–water partition coefficient (Wildman–Crippen LogP) is 3.57. The first-order chi connectivity index (χ1) is 13.2. The van der Waals surface area contributed by atoms with Gasteiger partial charge in [-0.3, -0.25) is 4.79 Å². The van der Waals surface area contributed by atoms with E-state index in [-0.39, 0.29) is 6.42 Å². The molecule has 0 atom stereocenters. The van der Waals surface area contributed by atoms with Gasteiger partial charge in [0.25, 0.3) is 0 Å². The number of carboxylic acids is 1. The van der Waals surface area contributed by atoms with E-state index in [2.05, 4.69) is 26.8 Å². The molecule has 0 unspecified atom stereocenters. The van der Waals surface area contributed by atoms with Crippen molar-refractivity contribution in [3.63, 3.8) is 0 Å². The Labute approximate surface area is 155 Å². The average molecular weight is 358 g/mol. The van der Waals surface area contributed by atoms with Crippen molar-refractivity contribution in [2.45, 2.75) is 25.8 Å². The van der Waals surface area contributed by atoms with Crippen molar-refractivity contribution < 1.29 is 9.90 Å². The second-order valence-corrected chi connectivity index (χ2v) is 6.35. The largest absolute Gasteiger partial charge is 0.481 e. The lowest BCUT2D eigenvalue weighted by Gasteiger charge is -2.03. The van der Waals surface area contributed by atoms with Crippen molar-refractivity contribution >= 4 is 28.0 Å². The van der Waals surface area contributed by atoms with E-state index in [9.17, 15) is 4.79 Å². The molecule has 0 aliphatic rings. The molecule has 0 amide bonds. The van der Waals surface area contributed by atoms with E-state index >= 15 is 0 Å². The summed E-state index contributed by atoms with van der Waals surface area (Å²) in [5.74, 6) is 6.04. The van der Waals surface area contributed by atoms with Gasteiger partial charge in [0.1, 0.15) is 5.65 Å². The summed E-state index contributed by atoms with van der Waals surface area (Å²) in [6.07, 6.45) is 5.41. The smallest absolute Gasteiger partial charge is 0.303 e. The van der Waals surface area contributed by atoms with E-state index in [0.717, 1.165) is 40.6 Å².